The summed E-state index contributed by atoms with van der Waals surface area (Å²) in [5.74, 6) is -3.64. The molecule has 4 heterocycles. The smallest absolute Gasteiger partial charge is 0.229 e. The third-order valence-corrected chi connectivity index (χ3v) is 9.17. The minimum Gasteiger partial charge on any atom is -0.508 e. The number of aliphatic hydroxyl groups is 8. The van der Waals surface area contributed by atoms with E-state index in [0.717, 1.165) is 24.3 Å². The van der Waals surface area contributed by atoms with Gasteiger partial charge in [-0.3, -0.25) is 0 Å². The number of aliphatic hydroxyl groups excluding tert-OH is 8. The Morgan fingerprint density at radius 3 is 2.06 bits per heavy atom. The number of hydrogen-bond donors (Lipinski definition) is 13. The number of phenols is 5. The van der Waals surface area contributed by atoms with Crippen LogP contribution in [0.1, 0.15) is 24.2 Å². The molecule has 20 heteroatoms. The van der Waals surface area contributed by atoms with Gasteiger partial charge in [-0.1, -0.05) is 0 Å². The Bertz CT molecular complexity index is 1600. The Morgan fingerprint density at radius 2 is 1.37 bits per heavy atom. The summed E-state index contributed by atoms with van der Waals surface area (Å²) in [4.78, 5) is 0. The molecule has 6 rings (SSSR count). The van der Waals surface area contributed by atoms with Gasteiger partial charge in [-0.05, 0) is 25.1 Å². The van der Waals surface area contributed by atoms with Gasteiger partial charge < -0.3 is 99.5 Å². The summed E-state index contributed by atoms with van der Waals surface area (Å²) in [6.07, 6.45) is -23.4. The lowest BCUT2D eigenvalue weighted by Gasteiger charge is -2.46. The predicted molar refractivity (Wildman–Crippen MR) is 165 cm³/mol. The molecule has 0 saturated carbocycles. The van der Waals surface area contributed by atoms with Crippen LogP contribution in [0.2, 0.25) is 0 Å². The highest BCUT2D eigenvalue weighted by atomic mass is 16.8. The molecule has 0 aliphatic carbocycles. The van der Waals surface area contributed by atoms with Crippen LogP contribution in [0.5, 0.6) is 34.5 Å². The maximum absolute atomic E-state index is 11.4. The fourth-order valence-corrected chi connectivity index (χ4v) is 6.16. The van der Waals surface area contributed by atoms with Crippen LogP contribution in [0.15, 0.2) is 30.0 Å². The molecule has 0 aromatic heterocycles. The maximum Gasteiger partial charge on any atom is 0.229 e. The van der Waals surface area contributed by atoms with E-state index >= 15 is 0 Å². The monoisotopic (exact) mass is 744 g/mol. The lowest BCUT2D eigenvalue weighted by molar-refractivity contribution is -0.359. The van der Waals surface area contributed by atoms with Gasteiger partial charge in [0.2, 0.25) is 6.29 Å². The largest absolute Gasteiger partial charge is 0.508 e. The van der Waals surface area contributed by atoms with Crippen LogP contribution in [0.25, 0.3) is 6.08 Å². The van der Waals surface area contributed by atoms with Crippen molar-refractivity contribution in [3.8, 4) is 34.5 Å². The highest BCUT2D eigenvalue weighted by Gasteiger charge is 2.52. The summed E-state index contributed by atoms with van der Waals surface area (Å²) >= 11 is 0. The van der Waals surface area contributed by atoms with Crippen LogP contribution < -0.4 is 4.74 Å². The zero-order valence-corrected chi connectivity index (χ0v) is 27.1. The maximum atomic E-state index is 11.4. The first kappa shape index (κ1) is 38.0. The number of rotatable bonds is 8. The van der Waals surface area contributed by atoms with Crippen LogP contribution >= 0.6 is 0 Å². The lowest BCUT2D eigenvalue weighted by Crippen LogP contribution is -2.63. The van der Waals surface area contributed by atoms with E-state index in [1.54, 1.807) is 0 Å². The zero-order valence-electron chi connectivity index (χ0n) is 27.1. The molecule has 288 valence electrons. The Labute approximate surface area is 293 Å². The minimum atomic E-state index is -1.96. The molecule has 2 aromatic carbocycles. The second-order valence-corrected chi connectivity index (χ2v) is 12.8. The molecule has 0 radical (unpaired) electrons. The van der Waals surface area contributed by atoms with Crippen molar-refractivity contribution in [2.24, 2.45) is 0 Å². The fourth-order valence-electron chi connectivity index (χ4n) is 6.16. The molecule has 2 aromatic rings. The normalized spacial score (nSPS) is 39.2. The van der Waals surface area contributed by atoms with Gasteiger partial charge in [0.25, 0.3) is 0 Å². The van der Waals surface area contributed by atoms with Crippen LogP contribution in [-0.2, 0) is 28.4 Å². The average molecular weight is 745 g/mol. The standard InChI is InChI=1S/C32H40O20/c1-9-20(38)24(42)27(45)30(48-9)47-8-19-23(41)25(43)29(52-31-26(44)22(40)16(37)7-46-31)32(51-19)50-18-6-12-13(34)4-11(33)5-17(12)49-28(18)10-2-14(35)21(39)15(36)3-10/h2-6,9,16,19-20,22-45H,7-8H2,1H3. The Hall–Kier alpha value is -3.74. The van der Waals surface area contributed by atoms with Gasteiger partial charge >= 0.3 is 0 Å². The van der Waals surface area contributed by atoms with Crippen molar-refractivity contribution in [1.29, 1.82) is 0 Å². The summed E-state index contributed by atoms with van der Waals surface area (Å²) in [6, 6.07) is 4.16. The van der Waals surface area contributed by atoms with Crippen molar-refractivity contribution >= 4 is 6.08 Å². The van der Waals surface area contributed by atoms with E-state index in [0.29, 0.717) is 0 Å². The predicted octanol–water partition coefficient (Wildman–Crippen LogP) is -3.18. The highest BCUT2D eigenvalue weighted by molar-refractivity contribution is 5.70. The molecule has 15 unspecified atom stereocenters. The third kappa shape index (κ3) is 7.26. The lowest BCUT2D eigenvalue weighted by atomic mass is 9.97. The molecule has 4 aliphatic heterocycles. The van der Waals surface area contributed by atoms with Crippen molar-refractivity contribution in [1.82, 2.24) is 0 Å². The van der Waals surface area contributed by atoms with E-state index < -0.39 is 134 Å². The highest BCUT2D eigenvalue weighted by Crippen LogP contribution is 2.47. The van der Waals surface area contributed by atoms with E-state index in [1.807, 2.05) is 0 Å². The molecule has 20 nitrogen and oxygen atoms in total. The van der Waals surface area contributed by atoms with Crippen LogP contribution in [0.3, 0.4) is 0 Å². The molecule has 3 fully saturated rings. The summed E-state index contributed by atoms with van der Waals surface area (Å²) in [7, 11) is 0. The summed E-state index contributed by atoms with van der Waals surface area (Å²) in [5, 5.41) is 135. The van der Waals surface area contributed by atoms with Gasteiger partial charge in [0.15, 0.2) is 42.0 Å². The molecule has 13 N–H and O–H groups in total. The molecular weight excluding hydrogens is 704 g/mol. The second-order valence-electron chi connectivity index (χ2n) is 12.8. The average Bonchev–Trinajstić information content (AvgIpc) is 3.10. The van der Waals surface area contributed by atoms with Crippen molar-refractivity contribution < 1.29 is 99.5 Å². The van der Waals surface area contributed by atoms with Crippen LogP contribution in [0.4, 0.5) is 0 Å². The minimum absolute atomic E-state index is 0.0357. The molecular formula is C32H40O20. The van der Waals surface area contributed by atoms with Crippen molar-refractivity contribution in [3.05, 3.63) is 41.2 Å². The Kier molecular flexibility index (Phi) is 10.9. The summed E-state index contributed by atoms with van der Waals surface area (Å²) in [6.45, 7) is 0.269. The molecule has 4 aliphatic rings. The topological polar surface area (TPSA) is 328 Å². The zero-order chi connectivity index (χ0) is 37.8. The number of phenolic OH excluding ortho intramolecular Hbond substituents is 5. The summed E-state index contributed by atoms with van der Waals surface area (Å²) < 4.78 is 40.2. The van der Waals surface area contributed by atoms with E-state index in [-0.39, 0.29) is 22.6 Å². The van der Waals surface area contributed by atoms with E-state index in [9.17, 15) is 66.4 Å². The first-order valence-electron chi connectivity index (χ1n) is 16.1. The molecule has 3 saturated heterocycles. The molecule has 52 heavy (non-hydrogen) atoms. The van der Waals surface area contributed by atoms with Gasteiger partial charge in [0, 0.05) is 17.7 Å². The number of ether oxygens (including phenoxy) is 7. The number of fused-ring (bicyclic) bond motifs is 1. The first-order valence-corrected chi connectivity index (χ1v) is 16.1. The number of hydrogen-bond acceptors (Lipinski definition) is 20. The quantitative estimate of drug-likeness (QED) is 0.119. The number of aromatic hydroxyl groups is 5. The van der Waals surface area contributed by atoms with Gasteiger partial charge in [0.1, 0.15) is 77.9 Å². The Balaban J connectivity index is 1.34. The van der Waals surface area contributed by atoms with E-state index in [2.05, 4.69) is 0 Å². The summed E-state index contributed by atoms with van der Waals surface area (Å²) in [5.41, 5.74) is -0.0887. The van der Waals surface area contributed by atoms with Gasteiger partial charge in [0.05, 0.1) is 24.9 Å². The fraction of sp³-hybridized carbons (Fsp3) is 0.562. The first-order chi connectivity index (χ1) is 24.5. The van der Waals surface area contributed by atoms with E-state index in [4.69, 9.17) is 33.2 Å². The van der Waals surface area contributed by atoms with Crippen LogP contribution in [-0.4, -0.2) is 166 Å². The van der Waals surface area contributed by atoms with Crippen LogP contribution in [0, 0.1) is 0 Å². The van der Waals surface area contributed by atoms with Gasteiger partial charge in [-0.25, -0.2) is 0 Å². The van der Waals surface area contributed by atoms with Gasteiger partial charge in [-0.15, -0.1) is 0 Å². The Morgan fingerprint density at radius 1 is 0.692 bits per heavy atom. The van der Waals surface area contributed by atoms with Crippen molar-refractivity contribution in [2.45, 2.75) is 99.0 Å². The van der Waals surface area contributed by atoms with Crippen molar-refractivity contribution in [2.75, 3.05) is 13.2 Å². The number of benzene rings is 2. The molecule has 0 spiro atoms. The van der Waals surface area contributed by atoms with E-state index in [1.165, 1.54) is 13.0 Å². The third-order valence-electron chi connectivity index (χ3n) is 9.17. The molecule has 0 amide bonds. The molecule has 15 atom stereocenters. The second kappa shape index (κ2) is 14.9. The molecule has 0 bridgehead atoms. The van der Waals surface area contributed by atoms with Gasteiger partial charge in [-0.2, -0.15) is 0 Å². The van der Waals surface area contributed by atoms with Crippen molar-refractivity contribution in [3.63, 3.8) is 0 Å². The SMILES string of the molecule is CC1OC(OCC2OC(OC3=Cc4c(O)cc(O)cc4OC3c3cc(O)c(O)c(O)c3)C(OC3OCC(O)C(O)C3O)C(O)C2O)C(O)C(O)C1O.